The van der Waals surface area contributed by atoms with Gasteiger partial charge >= 0.3 is 0 Å². The number of aryl methyl sites for hydroxylation is 1. The zero-order valence-corrected chi connectivity index (χ0v) is 14.9. The molecule has 7 nitrogen and oxygen atoms in total. The fourth-order valence-corrected chi connectivity index (χ4v) is 3.27. The summed E-state index contributed by atoms with van der Waals surface area (Å²) in [5.74, 6) is -1.56. The average Bonchev–Trinajstić information content (AvgIpc) is 2.60. The van der Waals surface area contributed by atoms with Crippen LogP contribution >= 0.6 is 11.6 Å². The molecule has 0 saturated heterocycles. The van der Waals surface area contributed by atoms with Gasteiger partial charge in [0.2, 0.25) is 0 Å². The van der Waals surface area contributed by atoms with Crippen LogP contribution in [0.25, 0.3) is 0 Å². The van der Waals surface area contributed by atoms with Crippen LogP contribution in [0.1, 0.15) is 40.5 Å². The molecule has 1 atom stereocenters. The highest BCUT2D eigenvalue weighted by molar-refractivity contribution is 6.32. The lowest BCUT2D eigenvalue weighted by atomic mass is 9.90. The Morgan fingerprint density at radius 3 is 2.85 bits per heavy atom. The van der Waals surface area contributed by atoms with Crippen LogP contribution in [0.5, 0.6) is 5.75 Å². The number of ether oxygens (including phenoxy) is 1. The maximum atomic E-state index is 13.0. The summed E-state index contributed by atoms with van der Waals surface area (Å²) in [6, 6.07) is 4.65. The lowest BCUT2D eigenvalue weighted by Gasteiger charge is -2.26. The van der Waals surface area contributed by atoms with Crippen molar-refractivity contribution in [1.29, 1.82) is 0 Å². The molecule has 1 unspecified atom stereocenters. The molecule has 0 radical (unpaired) electrons. The van der Waals surface area contributed by atoms with Gasteiger partial charge in [-0.2, -0.15) is 0 Å². The van der Waals surface area contributed by atoms with E-state index in [9.17, 15) is 18.8 Å². The minimum Gasteiger partial charge on any atom is -0.482 e. The number of aromatic nitrogens is 1. The van der Waals surface area contributed by atoms with Crippen LogP contribution in [0.15, 0.2) is 29.1 Å². The molecule has 27 heavy (non-hydrogen) atoms. The topological polar surface area (TPSA) is 114 Å². The largest absolute Gasteiger partial charge is 0.482 e. The highest BCUT2D eigenvalue weighted by Crippen LogP contribution is 2.28. The number of rotatable bonds is 5. The number of nitrogens with one attached hydrogen (secondary N) is 2. The summed E-state index contributed by atoms with van der Waals surface area (Å²) >= 11 is 5.86. The van der Waals surface area contributed by atoms with Crippen molar-refractivity contribution in [3.63, 3.8) is 0 Å². The molecule has 0 aliphatic heterocycles. The van der Waals surface area contributed by atoms with Gasteiger partial charge in [0.25, 0.3) is 17.4 Å². The molecule has 9 heteroatoms. The summed E-state index contributed by atoms with van der Waals surface area (Å²) in [6.45, 7) is -0.316. The van der Waals surface area contributed by atoms with Crippen LogP contribution in [0, 0.1) is 5.82 Å². The summed E-state index contributed by atoms with van der Waals surface area (Å²) in [5, 5.41) is 2.87. The summed E-state index contributed by atoms with van der Waals surface area (Å²) in [6.07, 6.45) is 2.03. The molecule has 1 aromatic carbocycles. The third kappa shape index (κ3) is 4.28. The zero-order chi connectivity index (χ0) is 19.6. The van der Waals surface area contributed by atoms with Gasteiger partial charge in [-0.1, -0.05) is 11.6 Å². The lowest BCUT2D eigenvalue weighted by molar-refractivity contribution is -0.123. The van der Waals surface area contributed by atoms with Crippen LogP contribution in [0.2, 0.25) is 5.02 Å². The third-order valence-corrected chi connectivity index (χ3v) is 4.60. The summed E-state index contributed by atoms with van der Waals surface area (Å²) < 4.78 is 18.4. The number of benzene rings is 1. The first kappa shape index (κ1) is 18.9. The lowest BCUT2D eigenvalue weighted by Crippen LogP contribution is -2.36. The number of amides is 2. The van der Waals surface area contributed by atoms with Crippen molar-refractivity contribution in [2.75, 3.05) is 6.61 Å². The van der Waals surface area contributed by atoms with Crippen LogP contribution in [0.4, 0.5) is 4.39 Å². The third-order valence-electron chi connectivity index (χ3n) is 4.31. The number of nitrogens with two attached hydrogens (primary N) is 1. The number of carbonyl (C=O) groups is 2. The van der Waals surface area contributed by atoms with E-state index < -0.39 is 23.2 Å². The Balaban J connectivity index is 1.71. The van der Waals surface area contributed by atoms with Gasteiger partial charge in [0.05, 0.1) is 11.1 Å². The minimum absolute atomic E-state index is 0.0643. The number of primary amides is 1. The normalized spacial score (nSPS) is 15.7. The van der Waals surface area contributed by atoms with Crippen LogP contribution in [0.3, 0.4) is 0 Å². The molecule has 2 aromatic rings. The Morgan fingerprint density at radius 1 is 1.37 bits per heavy atom. The molecule has 0 spiro atoms. The van der Waals surface area contributed by atoms with E-state index >= 15 is 0 Å². The van der Waals surface area contributed by atoms with Gasteiger partial charge in [-0.3, -0.25) is 14.4 Å². The Labute approximate surface area is 158 Å². The second-order valence-electron chi connectivity index (χ2n) is 6.19. The molecule has 0 saturated carbocycles. The number of H-pyrrole nitrogens is 1. The molecular weight excluding hydrogens is 377 g/mol. The Morgan fingerprint density at radius 2 is 2.15 bits per heavy atom. The van der Waals surface area contributed by atoms with Crippen molar-refractivity contribution in [1.82, 2.24) is 10.3 Å². The monoisotopic (exact) mass is 393 g/mol. The first-order valence-electron chi connectivity index (χ1n) is 8.28. The van der Waals surface area contributed by atoms with E-state index in [1.54, 1.807) is 0 Å². The molecule has 4 N–H and O–H groups in total. The van der Waals surface area contributed by atoms with Crippen molar-refractivity contribution in [3.05, 3.63) is 62.3 Å². The quantitative estimate of drug-likeness (QED) is 0.719. The second kappa shape index (κ2) is 7.79. The van der Waals surface area contributed by atoms with E-state index in [2.05, 4.69) is 10.3 Å². The molecule has 0 bridgehead atoms. The second-order valence-corrected chi connectivity index (χ2v) is 6.59. The first-order valence-corrected chi connectivity index (χ1v) is 8.66. The molecular formula is C18H17ClFN3O4. The van der Waals surface area contributed by atoms with Gasteiger partial charge in [0, 0.05) is 5.69 Å². The number of aromatic amines is 1. The molecule has 2 amide bonds. The number of hydrogen-bond acceptors (Lipinski definition) is 4. The van der Waals surface area contributed by atoms with Gasteiger partial charge in [-0.25, -0.2) is 4.39 Å². The highest BCUT2D eigenvalue weighted by Gasteiger charge is 2.25. The van der Waals surface area contributed by atoms with Gasteiger partial charge in [-0.15, -0.1) is 0 Å². The van der Waals surface area contributed by atoms with E-state index in [4.69, 9.17) is 22.1 Å². The zero-order valence-electron chi connectivity index (χ0n) is 14.2. The van der Waals surface area contributed by atoms with Crippen LogP contribution in [-0.2, 0) is 11.2 Å². The SMILES string of the molecule is NC(=O)c1cc2c([nH]c1=O)CCCC2NC(=O)COc1ccc(F)cc1Cl. The maximum absolute atomic E-state index is 13.0. The van der Waals surface area contributed by atoms with E-state index in [0.29, 0.717) is 24.1 Å². The molecule has 1 aliphatic carbocycles. The van der Waals surface area contributed by atoms with Gasteiger partial charge in [-0.05, 0) is 49.1 Å². The minimum atomic E-state index is -0.830. The fourth-order valence-electron chi connectivity index (χ4n) is 3.05. The summed E-state index contributed by atoms with van der Waals surface area (Å²) in [4.78, 5) is 38.2. The van der Waals surface area contributed by atoms with Gasteiger partial charge < -0.3 is 20.8 Å². The van der Waals surface area contributed by atoms with Crippen molar-refractivity contribution in [3.8, 4) is 5.75 Å². The number of pyridine rings is 1. The molecule has 0 fully saturated rings. The van der Waals surface area contributed by atoms with E-state index in [-0.39, 0.29) is 29.0 Å². The van der Waals surface area contributed by atoms with E-state index in [0.717, 1.165) is 12.5 Å². The number of carbonyl (C=O) groups excluding carboxylic acids is 2. The van der Waals surface area contributed by atoms with E-state index in [1.165, 1.54) is 18.2 Å². The predicted molar refractivity (Wildman–Crippen MR) is 96.3 cm³/mol. The van der Waals surface area contributed by atoms with Crippen molar-refractivity contribution in [2.45, 2.75) is 25.3 Å². The molecule has 142 valence electrons. The maximum Gasteiger partial charge on any atom is 0.261 e. The molecule has 3 rings (SSSR count). The Bertz CT molecular complexity index is 960. The first-order chi connectivity index (χ1) is 12.8. The summed E-state index contributed by atoms with van der Waals surface area (Å²) in [7, 11) is 0. The Hall–Kier alpha value is -2.87. The number of fused-ring (bicyclic) bond motifs is 1. The predicted octanol–water partition coefficient (Wildman–Crippen LogP) is 1.84. The highest BCUT2D eigenvalue weighted by atomic mass is 35.5. The molecule has 1 aliphatic rings. The van der Waals surface area contributed by atoms with Crippen molar-refractivity contribution in [2.24, 2.45) is 5.73 Å². The molecule has 1 aromatic heterocycles. The Kier molecular flexibility index (Phi) is 5.46. The van der Waals surface area contributed by atoms with Crippen molar-refractivity contribution < 1.29 is 18.7 Å². The molecule has 1 heterocycles. The standard InChI is InChI=1S/C18H17ClFN3O4/c19-12-6-9(20)4-5-15(12)27-8-16(24)22-13-2-1-3-14-10(13)7-11(17(21)25)18(26)23-14/h4-7,13H,1-3,8H2,(H2,21,25)(H,22,24)(H,23,26). The smallest absolute Gasteiger partial charge is 0.261 e. The van der Waals surface area contributed by atoms with Gasteiger partial charge in [0.15, 0.2) is 6.61 Å². The van der Waals surface area contributed by atoms with Crippen molar-refractivity contribution >= 4 is 23.4 Å². The number of halogens is 2. The fraction of sp³-hybridized carbons (Fsp3) is 0.278. The van der Waals surface area contributed by atoms with Crippen LogP contribution in [-0.4, -0.2) is 23.4 Å². The number of hydrogen-bond donors (Lipinski definition) is 3. The van der Waals surface area contributed by atoms with Gasteiger partial charge in [0.1, 0.15) is 17.1 Å². The summed E-state index contributed by atoms with van der Waals surface area (Å²) in [5.41, 5.74) is 5.86. The van der Waals surface area contributed by atoms with E-state index in [1.807, 2.05) is 0 Å². The average molecular weight is 394 g/mol. The van der Waals surface area contributed by atoms with Crippen LogP contribution < -0.4 is 21.3 Å².